The molecule has 1 unspecified atom stereocenters. The average Bonchev–Trinajstić information content (AvgIpc) is 3.16. The van der Waals surface area contributed by atoms with Gasteiger partial charge < -0.3 is 15.1 Å². The summed E-state index contributed by atoms with van der Waals surface area (Å²) in [5, 5.41) is 6.37. The maximum Gasteiger partial charge on any atom is 0.237 e. The van der Waals surface area contributed by atoms with E-state index in [1.165, 1.54) is 5.56 Å². The molecule has 1 aliphatic heterocycles. The summed E-state index contributed by atoms with van der Waals surface area (Å²) in [5.74, 6) is 0.790. The van der Waals surface area contributed by atoms with Crippen molar-refractivity contribution in [1.29, 1.82) is 0 Å². The lowest BCUT2D eigenvalue weighted by molar-refractivity contribution is -0.123. The van der Waals surface area contributed by atoms with Gasteiger partial charge in [0.25, 0.3) is 0 Å². The molecule has 5 nitrogen and oxygen atoms in total. The molecule has 0 aliphatic carbocycles. The van der Waals surface area contributed by atoms with Crippen LogP contribution >= 0.6 is 0 Å². The van der Waals surface area contributed by atoms with Crippen molar-refractivity contribution in [2.75, 3.05) is 13.1 Å². The second-order valence-corrected chi connectivity index (χ2v) is 6.72. The number of furan rings is 1. The van der Waals surface area contributed by atoms with E-state index in [1.807, 2.05) is 19.1 Å². The summed E-state index contributed by atoms with van der Waals surface area (Å²) in [5.41, 5.74) is 1.36. The molecule has 2 heterocycles. The molecule has 0 spiro atoms. The standard InChI is InChI=1S/C20H27N3O2/c1-16(20(24)21-14-19-8-5-13-25-19)22-18-9-11-23(12-10-18)15-17-6-3-2-4-7-17/h2-8,13,16,18,22H,9-12,14-15H2,1H3,(H,21,24). The van der Waals surface area contributed by atoms with Crippen molar-refractivity contribution in [3.63, 3.8) is 0 Å². The van der Waals surface area contributed by atoms with E-state index in [9.17, 15) is 4.79 Å². The van der Waals surface area contributed by atoms with E-state index in [0.717, 1.165) is 38.2 Å². The molecule has 1 amide bonds. The number of piperidine rings is 1. The summed E-state index contributed by atoms with van der Waals surface area (Å²) in [4.78, 5) is 14.7. The lowest BCUT2D eigenvalue weighted by Crippen LogP contribution is -2.50. The van der Waals surface area contributed by atoms with Crippen LogP contribution in [-0.4, -0.2) is 36.0 Å². The number of rotatable bonds is 7. The van der Waals surface area contributed by atoms with Gasteiger partial charge in [-0.25, -0.2) is 0 Å². The fourth-order valence-corrected chi connectivity index (χ4v) is 3.27. The summed E-state index contributed by atoms with van der Waals surface area (Å²) in [6.07, 6.45) is 3.76. The van der Waals surface area contributed by atoms with Crippen LogP contribution in [0.2, 0.25) is 0 Å². The molecule has 1 fully saturated rings. The number of nitrogens with one attached hydrogen (secondary N) is 2. The minimum atomic E-state index is -0.194. The minimum Gasteiger partial charge on any atom is -0.467 e. The number of benzene rings is 1. The summed E-state index contributed by atoms with van der Waals surface area (Å²) in [6, 6.07) is 14.5. The predicted molar refractivity (Wildman–Crippen MR) is 97.9 cm³/mol. The molecule has 2 N–H and O–H groups in total. The Morgan fingerprint density at radius 1 is 1.20 bits per heavy atom. The molecule has 3 rings (SSSR count). The van der Waals surface area contributed by atoms with Crippen LogP contribution in [0.1, 0.15) is 31.1 Å². The molecule has 0 saturated carbocycles. The monoisotopic (exact) mass is 341 g/mol. The van der Waals surface area contributed by atoms with E-state index >= 15 is 0 Å². The average molecular weight is 341 g/mol. The SMILES string of the molecule is CC(NC1CCN(Cc2ccccc2)CC1)C(=O)NCc1ccco1. The molecule has 134 valence electrons. The molecule has 1 aromatic carbocycles. The van der Waals surface area contributed by atoms with Gasteiger partial charge in [0.05, 0.1) is 18.8 Å². The summed E-state index contributed by atoms with van der Waals surface area (Å²) < 4.78 is 5.23. The molecule has 0 radical (unpaired) electrons. The Bertz CT molecular complexity index is 634. The predicted octanol–water partition coefficient (Wildman–Crippen LogP) is 2.54. The number of hydrogen-bond acceptors (Lipinski definition) is 4. The minimum absolute atomic E-state index is 0.0168. The number of nitrogens with zero attached hydrogens (tertiary/aromatic N) is 1. The van der Waals surface area contributed by atoms with E-state index in [2.05, 4.69) is 45.9 Å². The zero-order chi connectivity index (χ0) is 17.5. The first-order valence-corrected chi connectivity index (χ1v) is 9.03. The molecular formula is C20H27N3O2. The fraction of sp³-hybridized carbons (Fsp3) is 0.450. The Morgan fingerprint density at radius 3 is 2.64 bits per heavy atom. The molecule has 5 heteroatoms. The smallest absolute Gasteiger partial charge is 0.237 e. The third kappa shape index (κ3) is 5.44. The van der Waals surface area contributed by atoms with Gasteiger partial charge in [-0.15, -0.1) is 0 Å². The summed E-state index contributed by atoms with van der Waals surface area (Å²) >= 11 is 0. The van der Waals surface area contributed by atoms with Crippen molar-refractivity contribution in [3.05, 3.63) is 60.1 Å². The molecule has 25 heavy (non-hydrogen) atoms. The van der Waals surface area contributed by atoms with Crippen molar-refractivity contribution in [3.8, 4) is 0 Å². The van der Waals surface area contributed by atoms with Crippen LogP contribution in [0, 0.1) is 0 Å². The van der Waals surface area contributed by atoms with E-state index < -0.39 is 0 Å². The van der Waals surface area contributed by atoms with Gasteiger partial charge in [-0.1, -0.05) is 30.3 Å². The third-order valence-electron chi connectivity index (χ3n) is 4.73. The van der Waals surface area contributed by atoms with Gasteiger partial charge in [0, 0.05) is 12.6 Å². The highest BCUT2D eigenvalue weighted by molar-refractivity contribution is 5.81. The molecule has 2 aromatic rings. The van der Waals surface area contributed by atoms with Gasteiger partial charge in [-0.3, -0.25) is 9.69 Å². The van der Waals surface area contributed by atoms with Crippen LogP contribution in [-0.2, 0) is 17.9 Å². The van der Waals surface area contributed by atoms with Gasteiger partial charge >= 0.3 is 0 Å². The van der Waals surface area contributed by atoms with Crippen LogP contribution in [0.25, 0.3) is 0 Å². The zero-order valence-electron chi connectivity index (χ0n) is 14.8. The molecular weight excluding hydrogens is 314 g/mol. The molecule has 1 aliphatic rings. The first kappa shape index (κ1) is 17.7. The largest absolute Gasteiger partial charge is 0.467 e. The number of carbonyl (C=O) groups is 1. The Morgan fingerprint density at radius 2 is 1.96 bits per heavy atom. The number of likely N-dealkylation sites (tertiary alicyclic amines) is 1. The van der Waals surface area contributed by atoms with Gasteiger partial charge in [0.15, 0.2) is 0 Å². The van der Waals surface area contributed by atoms with Gasteiger partial charge in [0.1, 0.15) is 5.76 Å². The second-order valence-electron chi connectivity index (χ2n) is 6.72. The Kier molecular flexibility index (Phi) is 6.25. The van der Waals surface area contributed by atoms with Crippen LogP contribution in [0.4, 0.5) is 0 Å². The Balaban J connectivity index is 1.37. The first-order valence-electron chi connectivity index (χ1n) is 9.03. The van der Waals surface area contributed by atoms with Crippen molar-refractivity contribution in [1.82, 2.24) is 15.5 Å². The van der Waals surface area contributed by atoms with E-state index in [4.69, 9.17) is 4.42 Å². The first-order chi connectivity index (χ1) is 12.2. The van der Waals surface area contributed by atoms with Gasteiger partial charge in [-0.05, 0) is 50.6 Å². The van der Waals surface area contributed by atoms with E-state index in [-0.39, 0.29) is 11.9 Å². The summed E-state index contributed by atoms with van der Waals surface area (Å²) in [6.45, 7) is 5.49. The van der Waals surface area contributed by atoms with Crippen molar-refractivity contribution >= 4 is 5.91 Å². The van der Waals surface area contributed by atoms with Crippen molar-refractivity contribution in [2.45, 2.75) is 44.9 Å². The Labute approximate surface area is 149 Å². The molecule has 1 atom stereocenters. The normalized spacial score (nSPS) is 17.3. The molecule has 0 bridgehead atoms. The lowest BCUT2D eigenvalue weighted by Gasteiger charge is -2.33. The highest BCUT2D eigenvalue weighted by atomic mass is 16.3. The van der Waals surface area contributed by atoms with E-state index in [1.54, 1.807) is 6.26 Å². The van der Waals surface area contributed by atoms with Crippen LogP contribution < -0.4 is 10.6 Å². The van der Waals surface area contributed by atoms with Gasteiger partial charge in [0.2, 0.25) is 5.91 Å². The molecule has 1 aromatic heterocycles. The van der Waals surface area contributed by atoms with Gasteiger partial charge in [-0.2, -0.15) is 0 Å². The number of carbonyl (C=O) groups excluding carboxylic acids is 1. The third-order valence-corrected chi connectivity index (χ3v) is 4.73. The molecule has 1 saturated heterocycles. The maximum atomic E-state index is 12.2. The highest BCUT2D eigenvalue weighted by Gasteiger charge is 2.22. The summed E-state index contributed by atoms with van der Waals surface area (Å²) in [7, 11) is 0. The maximum absolute atomic E-state index is 12.2. The second kappa shape index (κ2) is 8.83. The van der Waals surface area contributed by atoms with E-state index in [0.29, 0.717) is 12.6 Å². The quantitative estimate of drug-likeness (QED) is 0.813. The van der Waals surface area contributed by atoms with Crippen molar-refractivity contribution < 1.29 is 9.21 Å². The van der Waals surface area contributed by atoms with Crippen LogP contribution in [0.3, 0.4) is 0 Å². The topological polar surface area (TPSA) is 57.5 Å². The zero-order valence-corrected chi connectivity index (χ0v) is 14.8. The van der Waals surface area contributed by atoms with Crippen LogP contribution in [0.15, 0.2) is 53.1 Å². The van der Waals surface area contributed by atoms with Crippen molar-refractivity contribution in [2.24, 2.45) is 0 Å². The Hall–Kier alpha value is -2.11. The number of amides is 1. The van der Waals surface area contributed by atoms with Crippen LogP contribution in [0.5, 0.6) is 0 Å². The fourth-order valence-electron chi connectivity index (χ4n) is 3.27. The highest BCUT2D eigenvalue weighted by Crippen LogP contribution is 2.14. The lowest BCUT2D eigenvalue weighted by atomic mass is 10.0. The number of hydrogen-bond donors (Lipinski definition) is 2.